The first-order valence-electron chi connectivity index (χ1n) is 6.69. The molecule has 3 heteroatoms. The van der Waals surface area contributed by atoms with Crippen LogP contribution in [0.3, 0.4) is 0 Å². The summed E-state index contributed by atoms with van der Waals surface area (Å²) in [6, 6.07) is 10.6. The molecule has 1 heterocycles. The van der Waals surface area contributed by atoms with E-state index in [4.69, 9.17) is 0 Å². The van der Waals surface area contributed by atoms with E-state index in [-0.39, 0.29) is 0 Å². The van der Waals surface area contributed by atoms with Gasteiger partial charge in [0.1, 0.15) is 6.10 Å². The molecule has 1 aliphatic carbocycles. The van der Waals surface area contributed by atoms with E-state index in [1.54, 1.807) is 11.3 Å². The Kier molecular flexibility index (Phi) is 3.79. The number of aliphatic hydroxyl groups excluding tert-OH is 1. The lowest BCUT2D eigenvalue weighted by Gasteiger charge is -2.26. The quantitative estimate of drug-likeness (QED) is 0.819. The molecule has 1 saturated carbocycles. The number of rotatable bonds is 3. The normalized spacial score (nSPS) is 17.2. The first-order valence-corrected chi connectivity index (χ1v) is 8.30. The Morgan fingerprint density at radius 3 is 2.42 bits per heavy atom. The van der Waals surface area contributed by atoms with Crippen LogP contribution in [-0.2, 0) is 0 Å². The lowest BCUT2D eigenvalue weighted by atomic mass is 9.80. The van der Waals surface area contributed by atoms with Crippen LogP contribution >= 0.6 is 27.3 Å². The van der Waals surface area contributed by atoms with Crippen LogP contribution in [0.5, 0.6) is 0 Å². The minimum Gasteiger partial charge on any atom is -0.383 e. The standard InChI is InChI=1S/C16H17BrOS/c1-10-9-14(19-16(10)17)15(18)13-7-5-12(6-8-13)11-3-2-4-11/h5-9,11,15,18H,2-4H2,1H3. The summed E-state index contributed by atoms with van der Waals surface area (Å²) < 4.78 is 1.10. The molecule has 1 unspecified atom stereocenters. The van der Waals surface area contributed by atoms with Gasteiger partial charge in [-0.15, -0.1) is 11.3 Å². The van der Waals surface area contributed by atoms with Gasteiger partial charge in [0.15, 0.2) is 0 Å². The number of hydrogen-bond acceptors (Lipinski definition) is 2. The lowest BCUT2D eigenvalue weighted by Crippen LogP contribution is -2.08. The van der Waals surface area contributed by atoms with Crippen molar-refractivity contribution in [2.75, 3.05) is 0 Å². The van der Waals surface area contributed by atoms with Crippen LogP contribution in [0.4, 0.5) is 0 Å². The largest absolute Gasteiger partial charge is 0.383 e. The topological polar surface area (TPSA) is 20.2 Å². The SMILES string of the molecule is Cc1cc(C(O)c2ccc(C3CCC3)cc2)sc1Br. The van der Waals surface area contributed by atoms with Gasteiger partial charge in [0.25, 0.3) is 0 Å². The fraction of sp³-hybridized carbons (Fsp3) is 0.375. The van der Waals surface area contributed by atoms with Crippen molar-refractivity contribution in [1.82, 2.24) is 0 Å². The molecule has 0 bridgehead atoms. The Balaban J connectivity index is 1.81. The third-order valence-corrected chi connectivity index (χ3v) is 6.16. The monoisotopic (exact) mass is 336 g/mol. The Labute approximate surface area is 126 Å². The summed E-state index contributed by atoms with van der Waals surface area (Å²) in [5.41, 5.74) is 3.59. The lowest BCUT2D eigenvalue weighted by molar-refractivity contribution is 0.224. The molecule has 1 nitrogen and oxygen atoms in total. The number of benzene rings is 1. The molecule has 0 aliphatic heterocycles. The van der Waals surface area contributed by atoms with E-state index < -0.39 is 6.10 Å². The number of halogens is 1. The molecule has 1 aromatic heterocycles. The van der Waals surface area contributed by atoms with Crippen molar-refractivity contribution < 1.29 is 5.11 Å². The van der Waals surface area contributed by atoms with Gasteiger partial charge in [-0.3, -0.25) is 0 Å². The molecule has 3 rings (SSSR count). The van der Waals surface area contributed by atoms with Gasteiger partial charge in [-0.05, 0) is 64.4 Å². The molecular formula is C16H17BrOS. The number of aliphatic hydroxyl groups is 1. The van der Waals surface area contributed by atoms with Gasteiger partial charge in [0, 0.05) is 4.88 Å². The smallest absolute Gasteiger partial charge is 0.113 e. The number of aryl methyl sites for hydroxylation is 1. The predicted molar refractivity (Wildman–Crippen MR) is 83.9 cm³/mol. The van der Waals surface area contributed by atoms with Gasteiger partial charge in [-0.25, -0.2) is 0 Å². The summed E-state index contributed by atoms with van der Waals surface area (Å²) in [5, 5.41) is 10.4. The van der Waals surface area contributed by atoms with Gasteiger partial charge in [0.2, 0.25) is 0 Å². The number of hydrogen-bond donors (Lipinski definition) is 1. The first-order chi connectivity index (χ1) is 9.15. The molecule has 100 valence electrons. The first kappa shape index (κ1) is 13.3. The number of thiophene rings is 1. The van der Waals surface area contributed by atoms with E-state index in [2.05, 4.69) is 53.2 Å². The van der Waals surface area contributed by atoms with E-state index in [0.717, 1.165) is 20.1 Å². The average Bonchev–Trinajstić information content (AvgIpc) is 2.68. The second kappa shape index (κ2) is 5.39. The fourth-order valence-corrected chi connectivity index (χ4v) is 4.06. The molecule has 1 atom stereocenters. The molecular weight excluding hydrogens is 320 g/mol. The highest BCUT2D eigenvalue weighted by atomic mass is 79.9. The zero-order valence-electron chi connectivity index (χ0n) is 10.9. The van der Waals surface area contributed by atoms with Gasteiger partial charge in [-0.2, -0.15) is 0 Å². The second-order valence-electron chi connectivity index (χ2n) is 5.30. The van der Waals surface area contributed by atoms with Crippen LogP contribution < -0.4 is 0 Å². The Morgan fingerprint density at radius 2 is 1.95 bits per heavy atom. The van der Waals surface area contributed by atoms with Crippen LogP contribution in [0.1, 0.15) is 52.9 Å². The molecule has 1 N–H and O–H groups in total. The summed E-state index contributed by atoms with van der Waals surface area (Å²) in [6.07, 6.45) is 3.49. The minimum atomic E-state index is -0.509. The van der Waals surface area contributed by atoms with Crippen LogP contribution in [0.2, 0.25) is 0 Å². The minimum absolute atomic E-state index is 0.509. The second-order valence-corrected chi connectivity index (χ2v) is 7.70. The Morgan fingerprint density at radius 1 is 1.26 bits per heavy atom. The maximum Gasteiger partial charge on any atom is 0.113 e. The van der Waals surface area contributed by atoms with Crippen molar-refractivity contribution in [1.29, 1.82) is 0 Å². The molecule has 0 spiro atoms. The fourth-order valence-electron chi connectivity index (χ4n) is 2.47. The molecule has 1 fully saturated rings. The maximum atomic E-state index is 10.4. The van der Waals surface area contributed by atoms with Crippen molar-refractivity contribution >= 4 is 27.3 Å². The van der Waals surface area contributed by atoms with E-state index in [0.29, 0.717) is 0 Å². The Hall–Kier alpha value is -0.640. The highest BCUT2D eigenvalue weighted by Gasteiger charge is 2.20. The van der Waals surface area contributed by atoms with E-state index in [1.165, 1.54) is 30.4 Å². The molecule has 1 aliphatic rings. The van der Waals surface area contributed by atoms with Crippen molar-refractivity contribution in [2.45, 2.75) is 38.2 Å². The van der Waals surface area contributed by atoms with Crippen molar-refractivity contribution in [3.63, 3.8) is 0 Å². The summed E-state index contributed by atoms with van der Waals surface area (Å²) in [4.78, 5) is 1.00. The zero-order valence-corrected chi connectivity index (χ0v) is 13.3. The van der Waals surface area contributed by atoms with Crippen molar-refractivity contribution in [3.05, 3.63) is 55.7 Å². The zero-order chi connectivity index (χ0) is 13.4. The summed E-state index contributed by atoms with van der Waals surface area (Å²) in [6.45, 7) is 2.05. The molecule has 1 aromatic carbocycles. The molecule has 19 heavy (non-hydrogen) atoms. The van der Waals surface area contributed by atoms with Crippen LogP contribution in [0.25, 0.3) is 0 Å². The van der Waals surface area contributed by atoms with E-state index in [9.17, 15) is 5.11 Å². The molecule has 2 aromatic rings. The highest BCUT2D eigenvalue weighted by molar-refractivity contribution is 9.11. The van der Waals surface area contributed by atoms with Gasteiger partial charge >= 0.3 is 0 Å². The predicted octanol–water partition coefficient (Wildman–Crippen LogP) is 5.17. The van der Waals surface area contributed by atoms with Crippen LogP contribution in [-0.4, -0.2) is 5.11 Å². The summed E-state index contributed by atoms with van der Waals surface area (Å²) >= 11 is 5.12. The van der Waals surface area contributed by atoms with Crippen LogP contribution in [0.15, 0.2) is 34.1 Å². The molecule has 0 amide bonds. The Bertz CT molecular complexity index is 549. The van der Waals surface area contributed by atoms with Crippen molar-refractivity contribution in [3.8, 4) is 0 Å². The maximum absolute atomic E-state index is 10.4. The summed E-state index contributed by atoms with van der Waals surface area (Å²) in [5.74, 6) is 0.754. The molecule has 0 radical (unpaired) electrons. The van der Waals surface area contributed by atoms with Crippen LogP contribution in [0, 0.1) is 6.92 Å². The van der Waals surface area contributed by atoms with Gasteiger partial charge in [0.05, 0.1) is 3.79 Å². The van der Waals surface area contributed by atoms with Gasteiger partial charge in [-0.1, -0.05) is 30.7 Å². The van der Waals surface area contributed by atoms with Gasteiger partial charge < -0.3 is 5.11 Å². The van der Waals surface area contributed by atoms with Crippen molar-refractivity contribution in [2.24, 2.45) is 0 Å². The van der Waals surface area contributed by atoms with E-state index >= 15 is 0 Å². The van der Waals surface area contributed by atoms with E-state index in [1.807, 2.05) is 0 Å². The molecule has 0 saturated heterocycles. The third-order valence-electron chi connectivity index (χ3n) is 3.97. The average molecular weight is 337 g/mol. The summed E-state index contributed by atoms with van der Waals surface area (Å²) in [7, 11) is 0. The highest BCUT2D eigenvalue weighted by Crippen LogP contribution is 2.38. The third kappa shape index (κ3) is 2.64.